The summed E-state index contributed by atoms with van der Waals surface area (Å²) < 4.78 is 0. The van der Waals surface area contributed by atoms with Crippen molar-refractivity contribution in [1.82, 2.24) is 10.2 Å². The van der Waals surface area contributed by atoms with Gasteiger partial charge in [-0.25, -0.2) is 0 Å². The predicted molar refractivity (Wildman–Crippen MR) is 76.6 cm³/mol. The van der Waals surface area contributed by atoms with Gasteiger partial charge in [0.2, 0.25) is 5.91 Å². The van der Waals surface area contributed by atoms with E-state index in [2.05, 4.69) is 5.32 Å². The maximum Gasteiger partial charge on any atom is 0.264 e. The van der Waals surface area contributed by atoms with Crippen molar-refractivity contribution < 1.29 is 19.2 Å². The lowest BCUT2D eigenvalue weighted by molar-refractivity contribution is -0.140. The highest BCUT2D eigenvalue weighted by Crippen LogP contribution is 2.37. The van der Waals surface area contributed by atoms with Crippen LogP contribution in [0.15, 0.2) is 12.1 Å². The van der Waals surface area contributed by atoms with Crippen LogP contribution in [0, 0.1) is 0 Å². The summed E-state index contributed by atoms with van der Waals surface area (Å²) in [6.07, 6.45) is 0.117. The van der Waals surface area contributed by atoms with Gasteiger partial charge in [0, 0.05) is 6.42 Å². The van der Waals surface area contributed by atoms with E-state index < -0.39 is 29.2 Å². The number of nitrogen functional groups attached to an aromatic ring is 2. The number of nitrogens with two attached hydrogens (primary N) is 2. The molecule has 3 rings (SSSR count). The zero-order valence-corrected chi connectivity index (χ0v) is 11.8. The number of imide groups is 2. The van der Waals surface area contributed by atoms with Gasteiger partial charge in [-0.2, -0.15) is 0 Å². The molecule has 0 aliphatic carbocycles. The van der Waals surface area contributed by atoms with Crippen molar-refractivity contribution in [3.05, 3.63) is 23.3 Å². The third kappa shape index (κ3) is 1.63. The summed E-state index contributed by atoms with van der Waals surface area (Å²) in [6.45, 7) is 1.45. The van der Waals surface area contributed by atoms with Crippen LogP contribution in [0.1, 0.15) is 40.5 Å². The number of fused-ring (bicyclic) bond motifs is 1. The SMILES string of the molecule is CC1(N2C(=O)c3ccc(N)c(N)c3C2=O)CCC(=O)NC1=O. The second-order valence-electron chi connectivity index (χ2n) is 5.59. The Morgan fingerprint density at radius 3 is 2.45 bits per heavy atom. The van der Waals surface area contributed by atoms with E-state index in [0.29, 0.717) is 0 Å². The number of benzene rings is 1. The van der Waals surface area contributed by atoms with Gasteiger partial charge >= 0.3 is 0 Å². The van der Waals surface area contributed by atoms with E-state index in [1.165, 1.54) is 19.1 Å². The molecule has 1 aromatic rings. The Kier molecular flexibility index (Phi) is 2.74. The molecule has 0 radical (unpaired) electrons. The Morgan fingerprint density at radius 1 is 1.14 bits per heavy atom. The number of hydrogen-bond acceptors (Lipinski definition) is 6. The summed E-state index contributed by atoms with van der Waals surface area (Å²) in [5, 5.41) is 2.16. The second-order valence-corrected chi connectivity index (χ2v) is 5.59. The molecular weight excluding hydrogens is 288 g/mol. The second kappa shape index (κ2) is 4.30. The number of rotatable bonds is 1. The first-order valence-electron chi connectivity index (χ1n) is 6.68. The highest BCUT2D eigenvalue weighted by molar-refractivity contribution is 6.26. The third-order valence-electron chi connectivity index (χ3n) is 4.20. The normalized spacial score (nSPS) is 24.5. The standard InChI is InChI=1S/C14H14N4O4/c1-14(5-4-8(19)17-13(14)22)18-11(20)6-2-3-7(15)10(16)9(6)12(18)21/h2-3H,4-5,15-16H2,1H3,(H,17,19,22). The molecule has 5 N–H and O–H groups in total. The molecule has 2 aliphatic rings. The van der Waals surface area contributed by atoms with Gasteiger partial charge in [0.25, 0.3) is 17.7 Å². The molecular formula is C14H14N4O4. The molecule has 8 nitrogen and oxygen atoms in total. The molecule has 1 saturated heterocycles. The lowest BCUT2D eigenvalue weighted by Crippen LogP contribution is -2.62. The first-order chi connectivity index (χ1) is 10.3. The van der Waals surface area contributed by atoms with Crippen LogP contribution in [0.3, 0.4) is 0 Å². The van der Waals surface area contributed by atoms with Crippen LogP contribution in [-0.2, 0) is 9.59 Å². The summed E-state index contributed by atoms with van der Waals surface area (Å²) in [4.78, 5) is 49.5. The minimum atomic E-state index is -1.43. The number of carbonyl (C=O) groups excluding carboxylic acids is 4. The van der Waals surface area contributed by atoms with Crippen LogP contribution in [0.5, 0.6) is 0 Å². The molecule has 22 heavy (non-hydrogen) atoms. The highest BCUT2D eigenvalue weighted by Gasteiger charge is 2.53. The molecule has 8 heteroatoms. The molecule has 114 valence electrons. The fourth-order valence-corrected chi connectivity index (χ4v) is 2.82. The molecule has 2 aliphatic heterocycles. The van der Waals surface area contributed by atoms with Crippen molar-refractivity contribution in [2.75, 3.05) is 11.5 Å². The Labute approximate surface area is 125 Å². The monoisotopic (exact) mass is 302 g/mol. The van der Waals surface area contributed by atoms with E-state index in [1.807, 2.05) is 0 Å². The Morgan fingerprint density at radius 2 is 1.82 bits per heavy atom. The fraction of sp³-hybridized carbons (Fsp3) is 0.286. The van der Waals surface area contributed by atoms with Gasteiger partial charge < -0.3 is 11.5 Å². The first-order valence-corrected chi connectivity index (χ1v) is 6.68. The molecule has 1 fully saturated rings. The first kappa shape index (κ1) is 14.1. The van der Waals surface area contributed by atoms with E-state index in [9.17, 15) is 19.2 Å². The molecule has 0 saturated carbocycles. The number of anilines is 2. The minimum Gasteiger partial charge on any atom is -0.397 e. The molecule has 2 heterocycles. The molecule has 0 spiro atoms. The Hall–Kier alpha value is -2.90. The van der Waals surface area contributed by atoms with Crippen molar-refractivity contribution in [2.45, 2.75) is 25.3 Å². The van der Waals surface area contributed by atoms with Crippen molar-refractivity contribution in [3.8, 4) is 0 Å². The Bertz CT molecular complexity index is 757. The summed E-state index contributed by atoms with van der Waals surface area (Å²) in [6, 6.07) is 2.85. The van der Waals surface area contributed by atoms with Crippen LogP contribution >= 0.6 is 0 Å². The third-order valence-corrected chi connectivity index (χ3v) is 4.20. The van der Waals surface area contributed by atoms with E-state index in [4.69, 9.17) is 11.5 Å². The van der Waals surface area contributed by atoms with Crippen molar-refractivity contribution in [1.29, 1.82) is 0 Å². The number of carbonyl (C=O) groups is 4. The average molecular weight is 302 g/mol. The van der Waals surface area contributed by atoms with Crippen LogP contribution in [-0.4, -0.2) is 34.1 Å². The minimum absolute atomic E-state index is 0.0101. The maximum absolute atomic E-state index is 12.6. The van der Waals surface area contributed by atoms with Crippen molar-refractivity contribution in [2.24, 2.45) is 0 Å². The van der Waals surface area contributed by atoms with Gasteiger partial charge in [-0.05, 0) is 25.5 Å². The molecule has 1 aromatic carbocycles. The number of nitrogens with zero attached hydrogens (tertiary/aromatic N) is 1. The molecule has 0 aromatic heterocycles. The highest BCUT2D eigenvalue weighted by atomic mass is 16.2. The zero-order valence-electron chi connectivity index (χ0n) is 11.8. The quantitative estimate of drug-likeness (QED) is 0.479. The predicted octanol–water partition coefficient (Wildman–Crippen LogP) is -0.358. The van der Waals surface area contributed by atoms with Gasteiger partial charge in [-0.15, -0.1) is 0 Å². The van der Waals surface area contributed by atoms with E-state index >= 15 is 0 Å². The smallest absolute Gasteiger partial charge is 0.264 e. The summed E-state index contributed by atoms with van der Waals surface area (Å²) in [5.41, 5.74) is 10.4. The van der Waals surface area contributed by atoms with Crippen molar-refractivity contribution >= 4 is 35.0 Å². The molecule has 1 unspecified atom stereocenters. The van der Waals surface area contributed by atoms with Gasteiger partial charge in [-0.3, -0.25) is 29.4 Å². The fourth-order valence-electron chi connectivity index (χ4n) is 2.82. The summed E-state index contributed by atoms with van der Waals surface area (Å²) >= 11 is 0. The van der Waals surface area contributed by atoms with Gasteiger partial charge in [-0.1, -0.05) is 0 Å². The molecule has 4 amide bonds. The zero-order chi connectivity index (χ0) is 16.2. The van der Waals surface area contributed by atoms with E-state index in [0.717, 1.165) is 4.90 Å². The van der Waals surface area contributed by atoms with Crippen molar-refractivity contribution in [3.63, 3.8) is 0 Å². The van der Waals surface area contributed by atoms with Gasteiger partial charge in [0.05, 0.1) is 22.5 Å². The number of amides is 4. The lowest BCUT2D eigenvalue weighted by atomic mass is 9.89. The van der Waals surface area contributed by atoms with Crippen LogP contribution in [0.25, 0.3) is 0 Å². The topological polar surface area (TPSA) is 136 Å². The summed E-state index contributed by atoms with van der Waals surface area (Å²) in [5.74, 6) is -2.39. The van der Waals surface area contributed by atoms with Crippen LogP contribution < -0.4 is 16.8 Å². The van der Waals surface area contributed by atoms with Crippen LogP contribution in [0.4, 0.5) is 11.4 Å². The largest absolute Gasteiger partial charge is 0.397 e. The van der Waals surface area contributed by atoms with E-state index in [-0.39, 0.29) is 35.3 Å². The van der Waals surface area contributed by atoms with Gasteiger partial charge in [0.15, 0.2) is 0 Å². The molecule has 0 bridgehead atoms. The Balaban J connectivity index is 2.10. The maximum atomic E-state index is 12.6. The van der Waals surface area contributed by atoms with Gasteiger partial charge in [0.1, 0.15) is 5.54 Å². The number of piperidine rings is 1. The number of hydrogen-bond donors (Lipinski definition) is 3. The number of nitrogens with one attached hydrogen (secondary N) is 1. The molecule has 1 atom stereocenters. The lowest BCUT2D eigenvalue weighted by Gasteiger charge is -2.38. The average Bonchev–Trinajstić information content (AvgIpc) is 2.71. The van der Waals surface area contributed by atoms with Crippen LogP contribution in [0.2, 0.25) is 0 Å². The summed E-state index contributed by atoms with van der Waals surface area (Å²) in [7, 11) is 0. The van der Waals surface area contributed by atoms with E-state index in [1.54, 1.807) is 0 Å².